The van der Waals surface area contributed by atoms with Gasteiger partial charge in [0, 0.05) is 13.1 Å². The summed E-state index contributed by atoms with van der Waals surface area (Å²) in [6.07, 6.45) is 2.78. The third-order valence-corrected chi connectivity index (χ3v) is 3.65. The van der Waals surface area contributed by atoms with Crippen molar-refractivity contribution in [3.8, 4) is 11.8 Å². The van der Waals surface area contributed by atoms with Crippen molar-refractivity contribution >= 4 is 0 Å². The summed E-state index contributed by atoms with van der Waals surface area (Å²) in [5.74, 6) is 6.11. The van der Waals surface area contributed by atoms with Gasteiger partial charge >= 0.3 is 0 Å². The molecule has 14 heavy (non-hydrogen) atoms. The molecule has 2 heterocycles. The Kier molecular flexibility index (Phi) is 2.80. The average molecular weight is 192 g/mol. The van der Waals surface area contributed by atoms with Crippen LogP contribution in [0.5, 0.6) is 0 Å². The van der Waals surface area contributed by atoms with Crippen molar-refractivity contribution in [3.63, 3.8) is 0 Å². The van der Waals surface area contributed by atoms with Gasteiger partial charge in [-0.15, -0.1) is 5.92 Å². The Bertz CT molecular complexity index is 245. The minimum Gasteiger partial charge on any atom is -0.306 e. The highest BCUT2D eigenvalue weighted by Gasteiger charge is 2.43. The highest BCUT2D eigenvalue weighted by molar-refractivity contribution is 5.04. The first kappa shape index (κ1) is 10.0. The third kappa shape index (κ3) is 1.94. The number of piperidine rings is 1. The molecule has 0 aromatic rings. The summed E-state index contributed by atoms with van der Waals surface area (Å²) >= 11 is 0. The van der Waals surface area contributed by atoms with E-state index >= 15 is 0 Å². The van der Waals surface area contributed by atoms with E-state index in [4.69, 9.17) is 0 Å². The summed E-state index contributed by atoms with van der Waals surface area (Å²) in [5.41, 5.74) is 0.669. The third-order valence-electron chi connectivity index (χ3n) is 3.65. The molecule has 1 spiro atoms. The number of hydrogen-bond donors (Lipinski definition) is 0. The Hall–Kier alpha value is -0.520. The van der Waals surface area contributed by atoms with Crippen LogP contribution < -0.4 is 0 Å². The first-order chi connectivity index (χ1) is 6.74. The molecule has 2 aliphatic heterocycles. The van der Waals surface area contributed by atoms with Gasteiger partial charge in [0.15, 0.2) is 0 Å². The van der Waals surface area contributed by atoms with Crippen molar-refractivity contribution in [2.24, 2.45) is 5.41 Å². The lowest BCUT2D eigenvalue weighted by molar-refractivity contribution is -0.0342. The highest BCUT2D eigenvalue weighted by Crippen LogP contribution is 2.39. The van der Waals surface area contributed by atoms with Crippen molar-refractivity contribution < 1.29 is 0 Å². The molecule has 2 fully saturated rings. The zero-order valence-corrected chi connectivity index (χ0v) is 9.34. The van der Waals surface area contributed by atoms with Crippen molar-refractivity contribution in [1.82, 2.24) is 9.80 Å². The maximum atomic E-state index is 3.15. The zero-order valence-electron chi connectivity index (χ0n) is 9.34. The Balaban J connectivity index is 1.77. The van der Waals surface area contributed by atoms with Gasteiger partial charge < -0.3 is 4.90 Å². The molecule has 0 amide bonds. The van der Waals surface area contributed by atoms with Gasteiger partial charge in [0.2, 0.25) is 0 Å². The standard InChI is InChI=1S/C12H20N2/c1-3-4-7-14-10-12(11-14)5-8-13(2)9-6-12/h5-11H2,1-2H3. The lowest BCUT2D eigenvalue weighted by atomic mass is 9.72. The van der Waals surface area contributed by atoms with Gasteiger partial charge in [-0.3, -0.25) is 4.90 Å². The molecular weight excluding hydrogens is 172 g/mol. The molecule has 0 atom stereocenters. The predicted molar refractivity (Wildman–Crippen MR) is 59.1 cm³/mol. The van der Waals surface area contributed by atoms with Gasteiger partial charge in [-0.25, -0.2) is 0 Å². The Morgan fingerprint density at radius 3 is 2.43 bits per heavy atom. The monoisotopic (exact) mass is 192 g/mol. The topological polar surface area (TPSA) is 6.48 Å². The molecule has 0 aliphatic carbocycles. The predicted octanol–water partition coefficient (Wildman–Crippen LogP) is 1.04. The van der Waals surface area contributed by atoms with Crippen LogP contribution in [0.2, 0.25) is 0 Å². The molecule has 0 N–H and O–H groups in total. The van der Waals surface area contributed by atoms with E-state index in [1.165, 1.54) is 39.0 Å². The quantitative estimate of drug-likeness (QED) is 0.573. The molecule has 0 aromatic heterocycles. The fourth-order valence-corrected chi connectivity index (χ4v) is 2.61. The van der Waals surface area contributed by atoms with Gasteiger partial charge in [-0.05, 0) is 45.3 Å². The molecule has 2 nitrogen and oxygen atoms in total. The smallest absolute Gasteiger partial charge is 0.0601 e. The molecule has 0 bridgehead atoms. The maximum Gasteiger partial charge on any atom is 0.0601 e. The van der Waals surface area contributed by atoms with Crippen LogP contribution in [0, 0.1) is 17.3 Å². The van der Waals surface area contributed by atoms with Crippen LogP contribution in [0.4, 0.5) is 0 Å². The maximum absolute atomic E-state index is 3.15. The molecule has 2 aliphatic rings. The van der Waals surface area contributed by atoms with Crippen LogP contribution >= 0.6 is 0 Å². The molecule has 0 saturated carbocycles. The van der Waals surface area contributed by atoms with Crippen molar-refractivity contribution in [3.05, 3.63) is 0 Å². The lowest BCUT2D eigenvalue weighted by Gasteiger charge is -2.53. The van der Waals surface area contributed by atoms with Crippen molar-refractivity contribution in [2.75, 3.05) is 39.8 Å². The zero-order chi connectivity index (χ0) is 10.0. The van der Waals surface area contributed by atoms with Crippen LogP contribution in [-0.2, 0) is 0 Å². The van der Waals surface area contributed by atoms with Crippen molar-refractivity contribution in [2.45, 2.75) is 19.8 Å². The first-order valence-electron chi connectivity index (χ1n) is 5.55. The molecule has 78 valence electrons. The van der Waals surface area contributed by atoms with E-state index in [1.54, 1.807) is 0 Å². The van der Waals surface area contributed by atoms with Gasteiger partial charge in [0.25, 0.3) is 0 Å². The molecule has 0 unspecified atom stereocenters. The van der Waals surface area contributed by atoms with Crippen LogP contribution in [0.3, 0.4) is 0 Å². The van der Waals surface area contributed by atoms with Gasteiger partial charge in [-0.2, -0.15) is 0 Å². The fourth-order valence-electron chi connectivity index (χ4n) is 2.61. The molecule has 2 rings (SSSR count). The second-order valence-electron chi connectivity index (χ2n) is 4.88. The average Bonchev–Trinajstić information content (AvgIpc) is 2.14. The number of rotatable bonds is 1. The summed E-state index contributed by atoms with van der Waals surface area (Å²) < 4.78 is 0. The minimum atomic E-state index is 0.669. The van der Waals surface area contributed by atoms with Crippen LogP contribution in [0.1, 0.15) is 19.8 Å². The number of hydrogen-bond acceptors (Lipinski definition) is 2. The summed E-state index contributed by atoms with van der Waals surface area (Å²) in [5, 5.41) is 0. The van der Waals surface area contributed by atoms with E-state index in [-0.39, 0.29) is 0 Å². The summed E-state index contributed by atoms with van der Waals surface area (Å²) in [6.45, 7) is 8.05. The molecule has 2 saturated heterocycles. The van der Waals surface area contributed by atoms with Crippen molar-refractivity contribution in [1.29, 1.82) is 0 Å². The van der Waals surface area contributed by atoms with Gasteiger partial charge in [0.05, 0.1) is 6.54 Å². The van der Waals surface area contributed by atoms with E-state index in [1.807, 2.05) is 6.92 Å². The van der Waals surface area contributed by atoms with E-state index < -0.39 is 0 Å². The summed E-state index contributed by atoms with van der Waals surface area (Å²) in [7, 11) is 2.23. The number of nitrogens with zero attached hydrogens (tertiary/aromatic N) is 2. The van der Waals surface area contributed by atoms with E-state index in [9.17, 15) is 0 Å². The normalized spacial score (nSPS) is 26.7. The first-order valence-corrected chi connectivity index (χ1v) is 5.55. The van der Waals surface area contributed by atoms with E-state index in [2.05, 4.69) is 28.7 Å². The highest BCUT2D eigenvalue weighted by atomic mass is 15.2. The molecular formula is C12H20N2. The Labute approximate surface area is 87.3 Å². The van der Waals surface area contributed by atoms with Crippen LogP contribution in [-0.4, -0.2) is 49.6 Å². The van der Waals surface area contributed by atoms with E-state index in [0.29, 0.717) is 5.41 Å². The second-order valence-corrected chi connectivity index (χ2v) is 4.88. The largest absolute Gasteiger partial charge is 0.306 e. The Morgan fingerprint density at radius 1 is 1.21 bits per heavy atom. The summed E-state index contributed by atoms with van der Waals surface area (Å²) in [6, 6.07) is 0. The number of likely N-dealkylation sites (tertiary alicyclic amines) is 2. The molecule has 0 radical (unpaired) electrons. The molecule has 0 aromatic carbocycles. The van der Waals surface area contributed by atoms with Crippen LogP contribution in [0.15, 0.2) is 0 Å². The SMILES string of the molecule is CC#CCN1CC2(CCN(C)CC2)C1. The second kappa shape index (κ2) is 3.92. The van der Waals surface area contributed by atoms with Crippen LogP contribution in [0.25, 0.3) is 0 Å². The fraction of sp³-hybridized carbons (Fsp3) is 0.833. The van der Waals surface area contributed by atoms with Gasteiger partial charge in [-0.1, -0.05) is 5.92 Å². The van der Waals surface area contributed by atoms with E-state index in [0.717, 1.165) is 6.54 Å². The van der Waals surface area contributed by atoms with Gasteiger partial charge in [0.1, 0.15) is 0 Å². The minimum absolute atomic E-state index is 0.669. The Morgan fingerprint density at radius 2 is 1.86 bits per heavy atom. The lowest BCUT2D eigenvalue weighted by Crippen LogP contribution is -2.59. The summed E-state index contributed by atoms with van der Waals surface area (Å²) in [4.78, 5) is 4.92. The molecule has 2 heteroatoms.